The number of pyridine rings is 2. The zero-order valence-electron chi connectivity index (χ0n) is 10.6. The molecule has 2 N–H and O–H groups in total. The van der Waals surface area contributed by atoms with Crippen molar-refractivity contribution in [2.45, 2.75) is 0 Å². The van der Waals surface area contributed by atoms with Gasteiger partial charge in [-0.05, 0) is 12.1 Å². The SMILES string of the molecule is Nc1c(Cl)c(Cl)nc(-c2ncccc2Cl)c1Cl.O=S(=O)([O-])[O-].[Fe+2]. The fourth-order valence-electron chi connectivity index (χ4n) is 1.25. The summed E-state index contributed by atoms with van der Waals surface area (Å²) in [7, 11) is -5.17. The zero-order valence-corrected chi connectivity index (χ0v) is 15.6. The summed E-state index contributed by atoms with van der Waals surface area (Å²) < 4.78 is 34.1. The van der Waals surface area contributed by atoms with Crippen molar-refractivity contribution in [3.63, 3.8) is 0 Å². The molecule has 0 aromatic carbocycles. The van der Waals surface area contributed by atoms with E-state index in [0.29, 0.717) is 16.4 Å². The van der Waals surface area contributed by atoms with E-state index in [-0.39, 0.29) is 38.0 Å². The Morgan fingerprint density at radius 2 is 1.57 bits per heavy atom. The Morgan fingerprint density at radius 3 is 2.04 bits per heavy atom. The predicted octanol–water partition coefficient (Wildman–Crippen LogP) is 3.00. The van der Waals surface area contributed by atoms with E-state index in [2.05, 4.69) is 9.97 Å². The van der Waals surface area contributed by atoms with Gasteiger partial charge in [-0.15, -0.1) is 0 Å². The predicted molar refractivity (Wildman–Crippen MR) is 82.4 cm³/mol. The van der Waals surface area contributed by atoms with Crippen LogP contribution in [0.3, 0.4) is 0 Å². The van der Waals surface area contributed by atoms with Crippen molar-refractivity contribution >= 4 is 62.5 Å². The summed E-state index contributed by atoms with van der Waals surface area (Å²) in [6.07, 6.45) is 1.57. The molecule has 2 aromatic heterocycles. The molecule has 0 unspecified atom stereocenters. The maximum absolute atomic E-state index is 8.52. The molecule has 126 valence electrons. The van der Waals surface area contributed by atoms with E-state index in [4.69, 9.17) is 69.7 Å². The van der Waals surface area contributed by atoms with Gasteiger partial charge in [-0.3, -0.25) is 13.4 Å². The molecule has 0 fully saturated rings. The molecule has 23 heavy (non-hydrogen) atoms. The minimum Gasteiger partial charge on any atom is -0.759 e. The molecule has 0 spiro atoms. The maximum atomic E-state index is 8.52. The van der Waals surface area contributed by atoms with Gasteiger partial charge in [0, 0.05) is 16.6 Å². The maximum Gasteiger partial charge on any atom is 2.00 e. The van der Waals surface area contributed by atoms with Crippen LogP contribution < -0.4 is 5.73 Å². The van der Waals surface area contributed by atoms with Crippen LogP contribution in [0.25, 0.3) is 11.4 Å². The van der Waals surface area contributed by atoms with Gasteiger partial charge in [-0.25, -0.2) is 4.98 Å². The van der Waals surface area contributed by atoms with Gasteiger partial charge in [-0.2, -0.15) is 0 Å². The second-order valence-corrected chi connectivity index (χ2v) is 5.87. The minimum atomic E-state index is -5.17. The fourth-order valence-corrected chi connectivity index (χ4v) is 2.06. The van der Waals surface area contributed by atoms with E-state index in [1.165, 1.54) is 0 Å². The topological polar surface area (TPSA) is 132 Å². The molecule has 0 saturated heterocycles. The molecule has 0 saturated carbocycles. The number of hydrogen-bond donors (Lipinski definition) is 1. The summed E-state index contributed by atoms with van der Waals surface area (Å²) in [4.78, 5) is 8.12. The first kappa shape index (κ1) is 22.6. The van der Waals surface area contributed by atoms with Crippen LogP contribution >= 0.6 is 46.4 Å². The summed E-state index contributed by atoms with van der Waals surface area (Å²) in [5.41, 5.74) is 6.59. The number of hydrogen-bond acceptors (Lipinski definition) is 7. The minimum absolute atomic E-state index is 0. The molecular formula is C10H5Cl4FeN3O4S. The van der Waals surface area contributed by atoms with E-state index in [1.807, 2.05) is 0 Å². The summed E-state index contributed by atoms with van der Waals surface area (Å²) in [6, 6.07) is 3.36. The number of nitrogens with two attached hydrogens (primary N) is 1. The molecule has 13 heteroatoms. The van der Waals surface area contributed by atoms with Crippen LogP contribution in [-0.2, 0) is 27.5 Å². The van der Waals surface area contributed by atoms with E-state index < -0.39 is 10.4 Å². The van der Waals surface area contributed by atoms with Gasteiger partial charge in [0.25, 0.3) is 0 Å². The third-order valence-corrected chi connectivity index (χ3v) is 3.50. The number of rotatable bonds is 1. The Labute approximate surface area is 162 Å². The molecule has 7 nitrogen and oxygen atoms in total. The summed E-state index contributed by atoms with van der Waals surface area (Å²) >= 11 is 23.7. The van der Waals surface area contributed by atoms with Crippen LogP contribution in [-0.4, -0.2) is 27.5 Å². The van der Waals surface area contributed by atoms with Crippen molar-refractivity contribution in [3.8, 4) is 11.4 Å². The van der Waals surface area contributed by atoms with E-state index in [9.17, 15) is 0 Å². The van der Waals surface area contributed by atoms with Gasteiger partial charge >= 0.3 is 17.1 Å². The fraction of sp³-hybridized carbons (Fsp3) is 0. The molecule has 0 aliphatic heterocycles. The van der Waals surface area contributed by atoms with Gasteiger partial charge in [-0.1, -0.05) is 46.4 Å². The number of anilines is 1. The molecule has 0 amide bonds. The van der Waals surface area contributed by atoms with Crippen LogP contribution in [0.2, 0.25) is 20.2 Å². The van der Waals surface area contributed by atoms with Crippen molar-refractivity contribution in [1.29, 1.82) is 0 Å². The standard InChI is InChI=1S/C10H5Cl4N3.Fe.H2O4S/c11-4-2-1-3-16-8(4)9-5(12)7(15)6(13)10(14)17-9;;1-5(2,3)4/h1-3H,(H2,15,17);;(H2,1,2,3,4)/q;+2;/p-2. The molecule has 0 aliphatic carbocycles. The molecular weight excluding hydrogens is 456 g/mol. The van der Waals surface area contributed by atoms with Crippen LogP contribution in [0, 0.1) is 0 Å². The number of halogens is 4. The molecule has 2 rings (SSSR count). The summed E-state index contributed by atoms with van der Waals surface area (Å²) in [6.45, 7) is 0. The quantitative estimate of drug-likeness (QED) is 0.299. The number of aromatic nitrogens is 2. The molecule has 0 bridgehead atoms. The van der Waals surface area contributed by atoms with Crippen LogP contribution in [0.5, 0.6) is 0 Å². The molecule has 0 aliphatic rings. The first-order valence-electron chi connectivity index (χ1n) is 5.10. The molecule has 0 atom stereocenters. The number of nitrogen functional groups attached to an aromatic ring is 1. The largest absolute Gasteiger partial charge is 2.00 e. The van der Waals surface area contributed by atoms with Gasteiger partial charge < -0.3 is 14.8 Å². The summed E-state index contributed by atoms with van der Waals surface area (Å²) in [5, 5.41) is 0.762. The molecule has 0 radical (unpaired) electrons. The number of nitrogens with zero attached hydrogens (tertiary/aromatic N) is 2. The monoisotopic (exact) mass is 459 g/mol. The van der Waals surface area contributed by atoms with Gasteiger partial charge in [0.05, 0.1) is 15.7 Å². The van der Waals surface area contributed by atoms with Crippen molar-refractivity contribution in [3.05, 3.63) is 38.6 Å². The zero-order chi connectivity index (χ0) is 17.1. The Hall–Kier alpha value is -0.351. The van der Waals surface area contributed by atoms with Gasteiger partial charge in [0.15, 0.2) is 5.15 Å². The van der Waals surface area contributed by atoms with Gasteiger partial charge in [0.1, 0.15) is 16.4 Å². The average molecular weight is 461 g/mol. The average Bonchev–Trinajstić information content (AvgIpc) is 2.40. The van der Waals surface area contributed by atoms with Crippen LogP contribution in [0.15, 0.2) is 18.3 Å². The Bertz CT molecular complexity index is 799. The Balaban J connectivity index is 0.000000709. The van der Waals surface area contributed by atoms with E-state index >= 15 is 0 Å². The van der Waals surface area contributed by atoms with Crippen molar-refractivity contribution in [1.82, 2.24) is 9.97 Å². The summed E-state index contributed by atoms with van der Waals surface area (Å²) in [5.74, 6) is 0. The second kappa shape index (κ2) is 9.22. The van der Waals surface area contributed by atoms with E-state index in [0.717, 1.165) is 0 Å². The normalized spacial score (nSPS) is 10.3. The first-order valence-corrected chi connectivity index (χ1v) is 7.94. The molecule has 2 heterocycles. The van der Waals surface area contributed by atoms with Crippen molar-refractivity contribution in [2.24, 2.45) is 0 Å². The van der Waals surface area contributed by atoms with Gasteiger partial charge in [0.2, 0.25) is 0 Å². The van der Waals surface area contributed by atoms with Crippen LogP contribution in [0.4, 0.5) is 5.69 Å². The van der Waals surface area contributed by atoms with Crippen molar-refractivity contribution < 1.29 is 34.6 Å². The van der Waals surface area contributed by atoms with E-state index in [1.54, 1.807) is 18.3 Å². The smallest absolute Gasteiger partial charge is 0.759 e. The Kier molecular flexibility index (Phi) is 9.08. The molecule has 2 aromatic rings. The van der Waals surface area contributed by atoms with Crippen LogP contribution in [0.1, 0.15) is 0 Å². The third-order valence-electron chi connectivity index (χ3n) is 2.05. The first-order chi connectivity index (χ1) is 10.0. The third kappa shape index (κ3) is 6.96. The second-order valence-electron chi connectivity index (χ2n) is 3.53. The van der Waals surface area contributed by atoms with Crippen molar-refractivity contribution in [2.75, 3.05) is 5.73 Å². The Morgan fingerprint density at radius 1 is 1.04 bits per heavy atom.